The van der Waals surface area contributed by atoms with Gasteiger partial charge < -0.3 is 20.2 Å². The molecule has 24 heavy (non-hydrogen) atoms. The summed E-state index contributed by atoms with van der Waals surface area (Å²) in [5, 5.41) is 11.8. The van der Waals surface area contributed by atoms with Crippen molar-refractivity contribution in [3.8, 4) is 0 Å². The summed E-state index contributed by atoms with van der Waals surface area (Å²) in [6.45, 7) is 6.09. The maximum absolute atomic E-state index is 13.0. The summed E-state index contributed by atoms with van der Waals surface area (Å²) in [6, 6.07) is 5.05. The number of aliphatic carboxylic acids is 1. The number of urea groups is 1. The van der Waals surface area contributed by atoms with Crippen LogP contribution in [0.1, 0.15) is 20.3 Å². The lowest BCUT2D eigenvalue weighted by Gasteiger charge is -2.36. The number of nitrogens with one attached hydrogen (secondary N) is 1. The Morgan fingerprint density at radius 3 is 2.25 bits per heavy atom. The first kappa shape index (κ1) is 18.0. The van der Waals surface area contributed by atoms with Gasteiger partial charge in [-0.3, -0.25) is 0 Å². The smallest absolute Gasteiger partial charge is 0.326 e. The number of carbonyl (C=O) groups is 2. The molecule has 7 heteroatoms. The lowest BCUT2D eigenvalue weighted by atomic mass is 10.0. The molecule has 1 heterocycles. The number of benzene rings is 1. The second kappa shape index (κ2) is 7.99. The molecule has 0 aromatic heterocycles. The highest BCUT2D eigenvalue weighted by Gasteiger charge is 2.26. The normalized spacial score (nSPS) is 16.2. The first-order chi connectivity index (χ1) is 11.4. The predicted molar refractivity (Wildman–Crippen MR) is 89.6 cm³/mol. The fourth-order valence-electron chi connectivity index (χ4n) is 2.75. The van der Waals surface area contributed by atoms with Crippen molar-refractivity contribution >= 4 is 17.7 Å². The summed E-state index contributed by atoms with van der Waals surface area (Å²) >= 11 is 0. The van der Waals surface area contributed by atoms with Crippen LogP contribution in [-0.2, 0) is 4.79 Å². The highest BCUT2D eigenvalue weighted by atomic mass is 19.1. The fourth-order valence-corrected chi connectivity index (χ4v) is 2.75. The molecule has 1 aromatic rings. The molecule has 1 aliphatic heterocycles. The van der Waals surface area contributed by atoms with Crippen molar-refractivity contribution in [3.05, 3.63) is 30.1 Å². The van der Waals surface area contributed by atoms with Crippen molar-refractivity contribution in [2.45, 2.75) is 26.3 Å². The van der Waals surface area contributed by atoms with Crippen molar-refractivity contribution in [1.29, 1.82) is 0 Å². The van der Waals surface area contributed by atoms with Gasteiger partial charge in [-0.1, -0.05) is 13.8 Å². The molecule has 2 amide bonds. The zero-order chi connectivity index (χ0) is 17.7. The van der Waals surface area contributed by atoms with Gasteiger partial charge in [0.15, 0.2) is 0 Å². The molecule has 0 spiro atoms. The third-order valence-electron chi connectivity index (χ3n) is 4.06. The van der Waals surface area contributed by atoms with Crippen LogP contribution in [0, 0.1) is 11.7 Å². The summed E-state index contributed by atoms with van der Waals surface area (Å²) in [7, 11) is 0. The molecule has 2 rings (SSSR count). The predicted octanol–water partition coefficient (Wildman–Crippen LogP) is 2.16. The summed E-state index contributed by atoms with van der Waals surface area (Å²) in [6.07, 6.45) is 0.399. The van der Waals surface area contributed by atoms with E-state index in [9.17, 15) is 19.1 Å². The van der Waals surface area contributed by atoms with Crippen LogP contribution in [0.25, 0.3) is 0 Å². The minimum absolute atomic E-state index is 0.182. The minimum Gasteiger partial charge on any atom is -0.480 e. The van der Waals surface area contributed by atoms with Gasteiger partial charge in [0, 0.05) is 31.9 Å². The molecule has 0 bridgehead atoms. The van der Waals surface area contributed by atoms with Gasteiger partial charge in [0.1, 0.15) is 11.9 Å². The highest BCUT2D eigenvalue weighted by molar-refractivity contribution is 5.82. The van der Waals surface area contributed by atoms with E-state index in [4.69, 9.17) is 0 Å². The number of carboxylic acid groups (broad SMARTS) is 1. The number of nitrogens with zero attached hydrogens (tertiary/aromatic N) is 2. The van der Waals surface area contributed by atoms with E-state index in [1.807, 2.05) is 13.8 Å². The number of hydrogen-bond donors (Lipinski definition) is 2. The molecule has 1 aliphatic rings. The zero-order valence-corrected chi connectivity index (χ0v) is 14.0. The highest BCUT2D eigenvalue weighted by Crippen LogP contribution is 2.17. The van der Waals surface area contributed by atoms with Crippen LogP contribution in [0.5, 0.6) is 0 Å². The number of rotatable bonds is 5. The third-order valence-corrected chi connectivity index (χ3v) is 4.06. The van der Waals surface area contributed by atoms with Gasteiger partial charge in [0.05, 0.1) is 0 Å². The van der Waals surface area contributed by atoms with Gasteiger partial charge in [-0.05, 0) is 36.6 Å². The average Bonchev–Trinajstić information content (AvgIpc) is 2.54. The Bertz CT molecular complexity index is 569. The molecular formula is C17H24FN3O3. The Morgan fingerprint density at radius 2 is 1.75 bits per heavy atom. The van der Waals surface area contributed by atoms with E-state index in [2.05, 4.69) is 10.2 Å². The van der Waals surface area contributed by atoms with E-state index in [0.717, 1.165) is 5.69 Å². The molecule has 1 saturated heterocycles. The lowest BCUT2D eigenvalue weighted by molar-refractivity contribution is -0.139. The molecule has 1 atom stereocenters. The molecule has 1 fully saturated rings. The van der Waals surface area contributed by atoms with Crippen LogP contribution in [0.4, 0.5) is 14.9 Å². The maximum atomic E-state index is 13.0. The Balaban J connectivity index is 1.87. The molecule has 132 valence electrons. The van der Waals surface area contributed by atoms with Crippen molar-refractivity contribution < 1.29 is 19.1 Å². The first-order valence-corrected chi connectivity index (χ1v) is 8.15. The average molecular weight is 337 g/mol. The number of hydrogen-bond acceptors (Lipinski definition) is 3. The standard InChI is InChI=1S/C17H24FN3O3/c1-12(2)11-15(16(22)23)19-17(24)21-9-7-20(8-10-21)14-5-3-13(18)4-6-14/h3-6,12,15H,7-11H2,1-2H3,(H,19,24)(H,22,23). The molecule has 6 nitrogen and oxygen atoms in total. The first-order valence-electron chi connectivity index (χ1n) is 8.15. The molecule has 0 radical (unpaired) electrons. The molecule has 0 saturated carbocycles. The summed E-state index contributed by atoms with van der Waals surface area (Å²) in [5.41, 5.74) is 0.916. The van der Waals surface area contributed by atoms with Crippen LogP contribution in [-0.4, -0.2) is 54.2 Å². The largest absolute Gasteiger partial charge is 0.480 e. The van der Waals surface area contributed by atoms with Gasteiger partial charge in [0.25, 0.3) is 0 Å². The van der Waals surface area contributed by atoms with Crippen LogP contribution in [0.3, 0.4) is 0 Å². The molecule has 0 aliphatic carbocycles. The Hall–Kier alpha value is -2.31. The maximum Gasteiger partial charge on any atom is 0.326 e. The van der Waals surface area contributed by atoms with E-state index in [-0.39, 0.29) is 17.8 Å². The van der Waals surface area contributed by atoms with E-state index in [1.165, 1.54) is 12.1 Å². The van der Waals surface area contributed by atoms with E-state index >= 15 is 0 Å². The van der Waals surface area contributed by atoms with Crippen LogP contribution in [0.2, 0.25) is 0 Å². The van der Waals surface area contributed by atoms with Crippen LogP contribution < -0.4 is 10.2 Å². The lowest BCUT2D eigenvalue weighted by Crippen LogP contribution is -2.54. The summed E-state index contributed by atoms with van der Waals surface area (Å²) in [4.78, 5) is 27.2. The van der Waals surface area contributed by atoms with Crippen molar-refractivity contribution in [1.82, 2.24) is 10.2 Å². The number of carboxylic acids is 1. The van der Waals surface area contributed by atoms with Crippen molar-refractivity contribution in [2.24, 2.45) is 5.92 Å². The number of anilines is 1. The second-order valence-corrected chi connectivity index (χ2v) is 6.42. The van der Waals surface area contributed by atoms with Gasteiger partial charge in [0.2, 0.25) is 0 Å². The number of piperazine rings is 1. The van der Waals surface area contributed by atoms with E-state index in [0.29, 0.717) is 32.6 Å². The number of carbonyl (C=O) groups excluding carboxylic acids is 1. The SMILES string of the molecule is CC(C)CC(NC(=O)N1CCN(c2ccc(F)cc2)CC1)C(=O)O. The quantitative estimate of drug-likeness (QED) is 0.864. The molecule has 1 unspecified atom stereocenters. The Morgan fingerprint density at radius 1 is 1.17 bits per heavy atom. The van der Waals surface area contributed by atoms with Gasteiger partial charge in [-0.2, -0.15) is 0 Å². The fraction of sp³-hybridized carbons (Fsp3) is 0.529. The third kappa shape index (κ3) is 4.84. The zero-order valence-electron chi connectivity index (χ0n) is 14.0. The van der Waals surface area contributed by atoms with E-state index < -0.39 is 12.0 Å². The summed E-state index contributed by atoms with van der Waals surface area (Å²) in [5.74, 6) is -1.11. The van der Waals surface area contributed by atoms with Gasteiger partial charge >= 0.3 is 12.0 Å². The van der Waals surface area contributed by atoms with E-state index in [1.54, 1.807) is 17.0 Å². The second-order valence-electron chi connectivity index (χ2n) is 6.42. The monoisotopic (exact) mass is 337 g/mol. The molecule has 2 N–H and O–H groups in total. The van der Waals surface area contributed by atoms with Crippen molar-refractivity contribution in [3.63, 3.8) is 0 Å². The molecule has 1 aromatic carbocycles. The number of amides is 2. The molecular weight excluding hydrogens is 313 g/mol. The Labute approximate surface area is 141 Å². The van der Waals surface area contributed by atoms with Crippen LogP contribution in [0.15, 0.2) is 24.3 Å². The summed E-state index contributed by atoms with van der Waals surface area (Å²) < 4.78 is 13.0. The van der Waals surface area contributed by atoms with Gasteiger partial charge in [-0.15, -0.1) is 0 Å². The Kier molecular flexibility index (Phi) is 6.00. The minimum atomic E-state index is -1.01. The number of halogens is 1. The van der Waals surface area contributed by atoms with Crippen molar-refractivity contribution in [2.75, 3.05) is 31.1 Å². The van der Waals surface area contributed by atoms with Gasteiger partial charge in [-0.25, -0.2) is 14.0 Å². The van der Waals surface area contributed by atoms with Crippen LogP contribution >= 0.6 is 0 Å². The topological polar surface area (TPSA) is 72.9 Å².